The first-order valence-electron chi connectivity index (χ1n) is 13.1. The maximum Gasteiger partial charge on any atom is 0.317 e. The summed E-state index contributed by atoms with van der Waals surface area (Å²) in [5.74, 6) is -0.0157. The van der Waals surface area contributed by atoms with E-state index in [4.69, 9.17) is 4.74 Å². The number of aromatic nitrogens is 1. The van der Waals surface area contributed by atoms with Gasteiger partial charge in [-0.25, -0.2) is 13.2 Å². The van der Waals surface area contributed by atoms with Crippen molar-refractivity contribution in [3.05, 3.63) is 42.7 Å². The second-order valence-electron chi connectivity index (χ2n) is 10.3. The van der Waals surface area contributed by atoms with Gasteiger partial charge in [0.1, 0.15) is 16.7 Å². The summed E-state index contributed by atoms with van der Waals surface area (Å²) < 4.78 is 35.1. The molecule has 37 heavy (non-hydrogen) atoms. The molecule has 0 unspecified atom stereocenters. The second kappa shape index (κ2) is 11.8. The number of hydrogen-bond donors (Lipinski definition) is 2. The molecule has 0 saturated heterocycles. The summed E-state index contributed by atoms with van der Waals surface area (Å²) in [7, 11) is -2.19. The van der Waals surface area contributed by atoms with Crippen molar-refractivity contribution in [2.75, 3.05) is 26.7 Å². The minimum atomic E-state index is -3.93. The standard InChI is InChI=1S/C27H38N4O5S/c1-19-16-31(20(2)18-32)37(34,35)26-12-11-21(22-8-7-13-28-15-22)14-24(26)36-25(19)17-30(3)27(33)29-23-9-5-4-6-10-23/h7-8,11-15,19-20,23,25,32H,4-6,9-10,16-18H2,1-3H3,(H,29,33)/t19-,20-,25-/m1/s1. The first-order valence-corrected chi connectivity index (χ1v) is 14.5. The summed E-state index contributed by atoms with van der Waals surface area (Å²) in [6.45, 7) is 3.76. The third-order valence-corrected chi connectivity index (χ3v) is 9.41. The van der Waals surface area contributed by atoms with Crippen molar-refractivity contribution in [2.24, 2.45) is 5.92 Å². The number of rotatable bonds is 6. The van der Waals surface area contributed by atoms with E-state index < -0.39 is 22.2 Å². The zero-order chi connectivity index (χ0) is 26.6. The average Bonchev–Trinajstić information content (AvgIpc) is 2.91. The summed E-state index contributed by atoms with van der Waals surface area (Å²) in [6.07, 6.45) is 8.37. The Kier molecular flexibility index (Phi) is 8.71. The molecule has 2 aliphatic rings. The summed E-state index contributed by atoms with van der Waals surface area (Å²) in [5.41, 5.74) is 1.61. The van der Waals surface area contributed by atoms with Crippen molar-refractivity contribution >= 4 is 16.1 Å². The Morgan fingerprint density at radius 1 is 1.24 bits per heavy atom. The second-order valence-corrected chi connectivity index (χ2v) is 12.2. The van der Waals surface area contributed by atoms with Gasteiger partial charge in [-0.15, -0.1) is 0 Å². The minimum Gasteiger partial charge on any atom is -0.487 e. The van der Waals surface area contributed by atoms with Gasteiger partial charge in [0, 0.05) is 49.6 Å². The molecule has 10 heteroatoms. The third kappa shape index (κ3) is 6.25. The zero-order valence-electron chi connectivity index (χ0n) is 21.8. The van der Waals surface area contributed by atoms with Crippen LogP contribution in [-0.4, -0.2) is 78.7 Å². The Hall–Kier alpha value is -2.69. The molecule has 9 nitrogen and oxygen atoms in total. The largest absolute Gasteiger partial charge is 0.487 e. The van der Waals surface area contributed by atoms with E-state index in [1.165, 1.54) is 10.7 Å². The highest BCUT2D eigenvalue weighted by Crippen LogP contribution is 2.36. The van der Waals surface area contributed by atoms with Crippen LogP contribution in [0, 0.1) is 5.92 Å². The lowest BCUT2D eigenvalue weighted by Gasteiger charge is -2.38. The highest BCUT2D eigenvalue weighted by molar-refractivity contribution is 7.89. The summed E-state index contributed by atoms with van der Waals surface area (Å²) in [4.78, 5) is 18.8. The van der Waals surface area contributed by atoms with Crippen LogP contribution in [0.5, 0.6) is 5.75 Å². The van der Waals surface area contributed by atoms with Crippen LogP contribution in [0.25, 0.3) is 11.1 Å². The van der Waals surface area contributed by atoms with Gasteiger partial charge in [-0.1, -0.05) is 38.3 Å². The fourth-order valence-corrected chi connectivity index (χ4v) is 6.87. The van der Waals surface area contributed by atoms with E-state index >= 15 is 0 Å². The summed E-state index contributed by atoms with van der Waals surface area (Å²) in [5, 5.41) is 13.0. The van der Waals surface area contributed by atoms with Gasteiger partial charge >= 0.3 is 6.03 Å². The molecular weight excluding hydrogens is 492 g/mol. The number of nitrogens with zero attached hydrogens (tertiary/aromatic N) is 3. The maximum atomic E-state index is 13.7. The maximum absolute atomic E-state index is 13.7. The number of aliphatic hydroxyl groups excluding tert-OH is 1. The van der Waals surface area contributed by atoms with Gasteiger partial charge in [0.15, 0.2) is 0 Å². The highest BCUT2D eigenvalue weighted by atomic mass is 32.2. The van der Waals surface area contributed by atoms with Crippen molar-refractivity contribution in [2.45, 2.75) is 69.0 Å². The monoisotopic (exact) mass is 530 g/mol. The number of carbonyl (C=O) groups excluding carboxylic acids is 1. The predicted molar refractivity (Wildman–Crippen MR) is 142 cm³/mol. The van der Waals surface area contributed by atoms with E-state index in [2.05, 4.69) is 10.3 Å². The van der Waals surface area contributed by atoms with Crippen LogP contribution in [0.3, 0.4) is 0 Å². The molecule has 2 N–H and O–H groups in total. The van der Waals surface area contributed by atoms with E-state index in [1.54, 1.807) is 49.5 Å². The van der Waals surface area contributed by atoms with Crippen molar-refractivity contribution < 1.29 is 23.1 Å². The molecular formula is C27H38N4O5S. The molecule has 3 atom stereocenters. The smallest absolute Gasteiger partial charge is 0.317 e. The number of ether oxygens (including phenoxy) is 1. The Morgan fingerprint density at radius 3 is 2.68 bits per heavy atom. The van der Waals surface area contributed by atoms with Crippen molar-refractivity contribution in [1.82, 2.24) is 19.5 Å². The minimum absolute atomic E-state index is 0.0478. The molecule has 0 bridgehead atoms. The van der Waals surface area contributed by atoms with Crippen molar-refractivity contribution in [1.29, 1.82) is 0 Å². The van der Waals surface area contributed by atoms with E-state index in [9.17, 15) is 18.3 Å². The molecule has 2 aromatic rings. The number of aliphatic hydroxyl groups is 1. The lowest BCUT2D eigenvalue weighted by atomic mass is 9.96. The van der Waals surface area contributed by atoms with Crippen LogP contribution >= 0.6 is 0 Å². The van der Waals surface area contributed by atoms with Crippen LogP contribution in [0.1, 0.15) is 46.0 Å². The van der Waals surface area contributed by atoms with Gasteiger partial charge in [-0.3, -0.25) is 4.98 Å². The quantitative estimate of drug-likeness (QED) is 0.591. The number of sulfonamides is 1. The van der Waals surface area contributed by atoms with Crippen LogP contribution in [0.2, 0.25) is 0 Å². The van der Waals surface area contributed by atoms with Crippen LogP contribution in [0.15, 0.2) is 47.6 Å². The number of hydrogen-bond acceptors (Lipinski definition) is 6. The van der Waals surface area contributed by atoms with E-state index in [0.717, 1.165) is 36.8 Å². The lowest BCUT2D eigenvalue weighted by Crippen LogP contribution is -2.52. The first kappa shape index (κ1) is 27.3. The number of carbonyl (C=O) groups is 1. The molecule has 1 aromatic carbocycles. The number of amides is 2. The number of nitrogens with one attached hydrogen (secondary N) is 1. The fraction of sp³-hybridized carbons (Fsp3) is 0.556. The van der Waals surface area contributed by atoms with E-state index in [-0.39, 0.29) is 48.3 Å². The number of pyridine rings is 1. The molecule has 0 radical (unpaired) electrons. The van der Waals surface area contributed by atoms with Gasteiger partial charge in [-0.05, 0) is 43.5 Å². The number of fused-ring (bicyclic) bond motifs is 1. The molecule has 1 aliphatic carbocycles. The molecule has 202 valence electrons. The Morgan fingerprint density at radius 2 is 2.00 bits per heavy atom. The predicted octanol–water partition coefficient (Wildman–Crippen LogP) is 3.49. The van der Waals surface area contributed by atoms with Crippen molar-refractivity contribution in [3.8, 4) is 16.9 Å². The SMILES string of the molecule is C[C@@H]1CN([C@H](C)CO)S(=O)(=O)c2ccc(-c3cccnc3)cc2O[C@@H]1CN(C)C(=O)NC1CCCCC1. The Labute approximate surface area is 219 Å². The Balaban J connectivity index is 1.65. The van der Waals surface area contributed by atoms with Gasteiger partial charge in [0.25, 0.3) is 0 Å². The zero-order valence-corrected chi connectivity index (χ0v) is 22.7. The number of urea groups is 1. The Bertz CT molecular complexity index is 1170. The molecule has 1 saturated carbocycles. The highest BCUT2D eigenvalue weighted by Gasteiger charge is 2.38. The summed E-state index contributed by atoms with van der Waals surface area (Å²) in [6, 6.07) is 8.16. The third-order valence-electron chi connectivity index (χ3n) is 7.40. The molecule has 1 aliphatic heterocycles. The van der Waals surface area contributed by atoms with Crippen LogP contribution < -0.4 is 10.1 Å². The summed E-state index contributed by atoms with van der Waals surface area (Å²) >= 11 is 0. The van der Waals surface area contributed by atoms with Gasteiger partial charge in [0.05, 0.1) is 13.2 Å². The number of benzene rings is 1. The molecule has 4 rings (SSSR count). The van der Waals surface area contributed by atoms with E-state index in [0.29, 0.717) is 0 Å². The van der Waals surface area contributed by atoms with Gasteiger partial charge in [-0.2, -0.15) is 4.31 Å². The van der Waals surface area contributed by atoms with Crippen molar-refractivity contribution in [3.63, 3.8) is 0 Å². The topological polar surface area (TPSA) is 112 Å². The van der Waals surface area contributed by atoms with Gasteiger partial charge in [0.2, 0.25) is 10.0 Å². The first-order chi connectivity index (χ1) is 17.7. The average molecular weight is 531 g/mol. The lowest BCUT2D eigenvalue weighted by molar-refractivity contribution is 0.0806. The molecule has 2 amide bonds. The van der Waals surface area contributed by atoms with Crippen LogP contribution in [0.4, 0.5) is 4.79 Å². The fourth-order valence-electron chi connectivity index (χ4n) is 5.04. The molecule has 2 heterocycles. The molecule has 0 spiro atoms. The van der Waals surface area contributed by atoms with Crippen LogP contribution in [-0.2, 0) is 10.0 Å². The van der Waals surface area contributed by atoms with Gasteiger partial charge < -0.3 is 20.1 Å². The number of likely N-dealkylation sites (N-methyl/N-ethyl adjacent to an activating group) is 1. The molecule has 1 fully saturated rings. The molecule has 1 aromatic heterocycles. The van der Waals surface area contributed by atoms with E-state index in [1.807, 2.05) is 19.1 Å². The normalized spacial score (nSPS) is 23.1.